The fourth-order valence-corrected chi connectivity index (χ4v) is 15.9. The first kappa shape index (κ1) is 114. The summed E-state index contributed by atoms with van der Waals surface area (Å²) in [5.74, 6) is 0.604. The Balaban J connectivity index is 0.000000450. The van der Waals surface area contributed by atoms with Gasteiger partial charge >= 0.3 is 108 Å². The summed E-state index contributed by atoms with van der Waals surface area (Å²) in [5, 5.41) is 31.2. The van der Waals surface area contributed by atoms with Gasteiger partial charge in [-0.3, -0.25) is 24.4 Å². The molecular weight excluding hydrogens is 2050 g/mol. The van der Waals surface area contributed by atoms with E-state index in [-0.39, 0.29) is 117 Å². The Morgan fingerprint density at radius 3 is 1.50 bits per heavy atom. The number of nitrogens with one attached hydrogen (secondary N) is 1. The van der Waals surface area contributed by atoms with E-state index in [1.165, 1.54) is 16.7 Å². The second-order valence-electron chi connectivity index (χ2n) is 32.5. The van der Waals surface area contributed by atoms with E-state index < -0.39 is 38.1 Å². The number of hydrogen-bond donors (Lipinski definition) is 3. The first-order chi connectivity index (χ1) is 57.1. The minimum atomic E-state index is -4.22. The maximum Gasteiger partial charge on any atom is 1.00 e. The summed E-state index contributed by atoms with van der Waals surface area (Å²) >= 11 is 18.4. The number of anilines is 1. The van der Waals surface area contributed by atoms with Crippen LogP contribution >= 0.6 is 88.0 Å². The van der Waals surface area contributed by atoms with Crippen molar-refractivity contribution in [3.63, 3.8) is 0 Å². The van der Waals surface area contributed by atoms with Gasteiger partial charge in [-0.25, -0.2) is 35.5 Å². The van der Waals surface area contributed by atoms with Crippen LogP contribution in [-0.2, 0) is 80.0 Å². The molecule has 0 atom stereocenters. The van der Waals surface area contributed by atoms with E-state index in [9.17, 15) is 35.5 Å². The Morgan fingerprint density at radius 1 is 0.584 bits per heavy atom. The maximum absolute atomic E-state index is 11.0. The number of likely N-dealkylation sites (N-methyl/N-ethyl adjacent to an activating group) is 2. The van der Waals surface area contributed by atoms with Gasteiger partial charge in [-0.05, 0) is 246 Å². The number of halogens is 7. The molecule has 675 valence electrons. The summed E-state index contributed by atoms with van der Waals surface area (Å²) < 4.78 is 71.2. The van der Waals surface area contributed by atoms with Crippen LogP contribution in [0.4, 0.5) is 28.8 Å². The molecule has 0 unspecified atom stereocenters. The number of benzene rings is 2. The fraction of sp³-hybridized carbons (Fsp3) is 0.433. The zero-order valence-corrected chi connectivity index (χ0v) is 87.7. The number of aryl methyl sites for hydroxylation is 3. The van der Waals surface area contributed by atoms with Gasteiger partial charge in [0.1, 0.15) is 17.3 Å². The number of carbonyl (C=O) groups is 3. The summed E-state index contributed by atoms with van der Waals surface area (Å²) in [6.07, 6.45) is 31.7. The Hall–Kier alpha value is -5.41. The molecule has 0 bridgehead atoms. The molecule has 24 nitrogen and oxygen atoms in total. The number of carboxylic acids is 3. The predicted molar refractivity (Wildman–Crippen MR) is 509 cm³/mol. The van der Waals surface area contributed by atoms with E-state index >= 15 is 0 Å². The van der Waals surface area contributed by atoms with Crippen molar-refractivity contribution in [2.45, 2.75) is 189 Å². The van der Waals surface area contributed by atoms with Crippen molar-refractivity contribution in [1.29, 1.82) is 0 Å². The van der Waals surface area contributed by atoms with Crippen molar-refractivity contribution >= 4 is 184 Å². The van der Waals surface area contributed by atoms with Gasteiger partial charge < -0.3 is 56.4 Å². The number of aliphatic imine (C=N–C) groups is 5. The molecule has 0 saturated heterocycles. The molecule has 0 amide bonds. The number of hydrogen-bond acceptors (Lipinski definition) is 19. The molecule has 10 heterocycles. The van der Waals surface area contributed by atoms with Crippen LogP contribution in [0, 0.1) is 5.41 Å². The van der Waals surface area contributed by atoms with Crippen LogP contribution in [0.5, 0.6) is 0 Å². The second kappa shape index (κ2) is 53.8. The van der Waals surface area contributed by atoms with Crippen LogP contribution in [0.15, 0.2) is 233 Å². The number of carbonyl (C=O) groups excluding carboxylic acids is 1. The van der Waals surface area contributed by atoms with Crippen LogP contribution < -0.4 is 70.7 Å². The van der Waals surface area contributed by atoms with Crippen LogP contribution in [0.25, 0.3) is 0 Å². The number of unbranched alkanes of at least 4 members (excludes halogenated alkanes) is 6. The van der Waals surface area contributed by atoms with Gasteiger partial charge in [-0.15, -0.1) is 24.8 Å². The number of fused-ring (bicyclic) bond motifs is 4. The van der Waals surface area contributed by atoms with Gasteiger partial charge in [0.05, 0.1) is 108 Å². The largest absolute Gasteiger partial charge is 1.00 e. The molecule has 35 heteroatoms. The van der Waals surface area contributed by atoms with Crippen LogP contribution in [0.2, 0.25) is 0 Å². The van der Waals surface area contributed by atoms with Crippen LogP contribution in [0.3, 0.4) is 0 Å². The number of nitrogens with zero attached hydrogens (tertiary/aromatic N) is 11. The zero-order valence-electron chi connectivity index (χ0n) is 73.6. The molecule has 0 saturated carbocycles. The van der Waals surface area contributed by atoms with Crippen molar-refractivity contribution < 1.29 is 125 Å². The molecule has 3 aromatic heterocycles. The van der Waals surface area contributed by atoms with Gasteiger partial charge in [0, 0.05) is 115 Å². The number of allylic oxidation sites excluding steroid dienone is 6. The van der Waals surface area contributed by atoms with Crippen molar-refractivity contribution in [3.05, 3.63) is 225 Å². The third-order valence-electron chi connectivity index (χ3n) is 21.7. The molecule has 12 rings (SSSR count). The van der Waals surface area contributed by atoms with Crippen LogP contribution in [0.1, 0.15) is 170 Å². The molecule has 0 fully saturated rings. The van der Waals surface area contributed by atoms with Gasteiger partial charge in [-0.1, -0.05) is 91.7 Å². The second-order valence-corrected chi connectivity index (χ2v) is 48.1. The van der Waals surface area contributed by atoms with Gasteiger partial charge in [0.2, 0.25) is 0 Å². The van der Waals surface area contributed by atoms with E-state index in [0.717, 1.165) is 161 Å². The maximum atomic E-state index is 11.0. The summed E-state index contributed by atoms with van der Waals surface area (Å²) in [7, 11) is -3.54. The van der Waals surface area contributed by atoms with E-state index in [0.29, 0.717) is 67.7 Å². The van der Waals surface area contributed by atoms with Crippen molar-refractivity contribution in [2.75, 3.05) is 63.6 Å². The smallest absolute Gasteiger partial charge is 1.00 e. The average molecular weight is 2170 g/mol. The molecule has 5 aromatic rings. The SMILES string of the molecule is CC(=O)[O-].CC1=Nc2c(ccc[n+]2CCCCCC(=O)O)C1(C)C.CC1=Nc2c(ccc[n+]2CCCCS(=O)(=O)[O-])C1(C)C.CN1CC(/C=C/C2=Nc3c(ccc[n+]3CCCCCC(=O)O)C2(C)C)=C(Cl)C(=C/C=C2/N=C3C(=CC=CN3CCCCS(=O)(=O)[O-])C2(C)C)/C1.CN1CC(C=Nc2ccccc2)=C(Cl)/C(=C/Nc2ccccc2)C1.Cl.Cl.[Br-].[I][V][I].[Na+]. The number of pyridine rings is 3. The van der Waals surface area contributed by atoms with Crippen LogP contribution in [-0.4, -0.2) is 156 Å². The number of aliphatic carboxylic acids is 3. The first-order valence-electron chi connectivity index (χ1n) is 40.4. The zero-order chi connectivity index (χ0) is 89.0. The fourth-order valence-electron chi connectivity index (χ4n) is 14.4. The molecule has 0 aliphatic carbocycles. The molecule has 7 aliphatic heterocycles. The molecule has 7 aliphatic rings. The van der Waals surface area contributed by atoms with Crippen molar-refractivity contribution in [3.8, 4) is 0 Å². The van der Waals surface area contributed by atoms with E-state index in [2.05, 4.69) is 211 Å². The van der Waals surface area contributed by atoms with E-state index in [1.54, 1.807) is 0 Å². The Kier molecular flexibility index (Phi) is 49.0. The summed E-state index contributed by atoms with van der Waals surface area (Å²) in [5.41, 5.74) is 14.2. The van der Waals surface area contributed by atoms with Crippen molar-refractivity contribution in [2.24, 2.45) is 30.4 Å². The Bertz CT molecular complexity index is 5200. The normalized spacial score (nSPS) is 17.6. The molecular formula is C90H116BrCl4I2N12NaO12S2V. The van der Waals surface area contributed by atoms with E-state index in [4.69, 9.17) is 58.3 Å². The monoisotopic (exact) mass is 2170 g/mol. The molecule has 0 spiro atoms. The average Bonchev–Trinajstić information content (AvgIpc) is 1.63. The third-order valence-corrected chi connectivity index (χ3v) is 24.3. The Labute approximate surface area is 823 Å². The standard InChI is InChI=1S/C38H48ClN5O5S.C20H20ClN3.C16H22N2O2.C14H20N2O3S.C2H4O2.BrH.2ClH.2HI.Na.V/c1-37(2)29-13-11-22-43(20-8-6-7-15-33(45)46)35(29)40-31(37)18-16-27-25-42(5)26-28(34(27)39)17-19-32-38(3,4)30-14-12-23-44(36(30)41-32)21-9-10-24-50(47,48)49;1-24-14-16(12-22-18-8-4-2-5-9-18)20(21)17(15-24)13-23-19-10-6-3-7-11-19;1-12-16(2,3)13-8-7-11-18(15(13)17-12)10-6-4-5-9-14(19)20;1-11-14(2,3)12-7-6-9-16(13(12)15-11)8-4-5-10-20(17,18)19;1-2(3)4;;;;;;;/h11-14,16-19,22-23H,6-10,15,20-21,24-26H2,1-5H3,(H-,45,46,47,48,49);2-13,22H,14-15H2,1H3;7-8,11H,4-6,9-10H2,1-3H3;6-7,9H,4-5,8,10H2,1-3H3;1H3,(H,3,4);5*1H;;/q;;;;;;;;;;+1;+2/p-3/b;16-12+,23-13?;;;;;;;;;;. The number of rotatable bonds is 29. The number of carboxylic acid groups (broad SMARTS) is 3. The number of amidine groups is 1. The van der Waals surface area contributed by atoms with E-state index in [1.807, 2.05) is 126 Å². The number of para-hydroxylation sites is 2. The van der Waals surface area contributed by atoms with Gasteiger partial charge in [-0.2, -0.15) is 0 Å². The Morgan fingerprint density at radius 2 is 1.02 bits per heavy atom. The third kappa shape index (κ3) is 35.0. The summed E-state index contributed by atoms with van der Waals surface area (Å²) in [6.45, 7) is 28.4. The summed E-state index contributed by atoms with van der Waals surface area (Å²) in [6, 6.07) is 32.4. The molecule has 0 radical (unpaired) electrons. The predicted octanol–water partition coefficient (Wildman–Crippen LogP) is 11.2. The minimum absolute atomic E-state index is 0. The summed E-state index contributed by atoms with van der Waals surface area (Å²) in [4.78, 5) is 60.7. The molecule has 125 heavy (non-hydrogen) atoms. The number of aromatic nitrogens is 3. The van der Waals surface area contributed by atoms with Gasteiger partial charge in [0.25, 0.3) is 0 Å². The minimum Gasteiger partial charge on any atom is 1.00 e. The quantitative estimate of drug-likeness (QED) is 0.01000. The van der Waals surface area contributed by atoms with Crippen molar-refractivity contribution in [1.82, 2.24) is 14.7 Å². The topological polar surface area (TPSA) is 324 Å². The molecule has 2 aromatic carbocycles. The molecule has 3 N–H and O–H groups in total. The van der Waals surface area contributed by atoms with Gasteiger partial charge in [0.15, 0.2) is 5.71 Å². The first-order valence-corrected chi connectivity index (χ1v) is 53.3.